The summed E-state index contributed by atoms with van der Waals surface area (Å²) in [6, 6.07) is 6.33. The molecule has 1 unspecified atom stereocenters. The van der Waals surface area contributed by atoms with Crippen LogP contribution in [0.2, 0.25) is 0 Å². The SMILES string of the molecule is O=C1COc2ccc(NCC3CCCN3)cc2N1. The normalized spacial score (nSPS) is 22.0. The fraction of sp³-hybridized carbons (Fsp3) is 0.462. The summed E-state index contributed by atoms with van der Waals surface area (Å²) in [5.41, 5.74) is 1.75. The van der Waals surface area contributed by atoms with Crippen molar-refractivity contribution in [1.82, 2.24) is 5.32 Å². The molecule has 0 saturated carbocycles. The number of anilines is 2. The van der Waals surface area contributed by atoms with Gasteiger partial charge in [0.25, 0.3) is 5.91 Å². The van der Waals surface area contributed by atoms with Crippen molar-refractivity contribution in [2.45, 2.75) is 18.9 Å². The van der Waals surface area contributed by atoms with Gasteiger partial charge in [-0.1, -0.05) is 0 Å². The molecule has 0 aromatic heterocycles. The minimum atomic E-state index is -0.0999. The molecule has 0 radical (unpaired) electrons. The van der Waals surface area contributed by atoms with E-state index in [0.717, 1.165) is 30.2 Å². The average molecular weight is 247 g/mol. The van der Waals surface area contributed by atoms with Crippen LogP contribution in [0, 0.1) is 0 Å². The molecule has 1 fully saturated rings. The summed E-state index contributed by atoms with van der Waals surface area (Å²) in [6.45, 7) is 2.12. The van der Waals surface area contributed by atoms with Gasteiger partial charge in [-0.05, 0) is 37.6 Å². The van der Waals surface area contributed by atoms with Crippen LogP contribution in [0.1, 0.15) is 12.8 Å². The van der Waals surface area contributed by atoms with Crippen LogP contribution in [0.15, 0.2) is 18.2 Å². The van der Waals surface area contributed by atoms with E-state index in [2.05, 4.69) is 16.0 Å². The molecule has 1 aromatic carbocycles. The topological polar surface area (TPSA) is 62.4 Å². The van der Waals surface area contributed by atoms with Crippen LogP contribution in [0.3, 0.4) is 0 Å². The lowest BCUT2D eigenvalue weighted by Gasteiger charge is -2.19. The second kappa shape index (κ2) is 4.86. The van der Waals surface area contributed by atoms with Gasteiger partial charge in [-0.2, -0.15) is 0 Å². The van der Waals surface area contributed by atoms with E-state index < -0.39 is 0 Å². The number of fused-ring (bicyclic) bond motifs is 1. The summed E-state index contributed by atoms with van der Waals surface area (Å²) in [5, 5.41) is 9.63. The van der Waals surface area contributed by atoms with E-state index in [9.17, 15) is 4.79 Å². The largest absolute Gasteiger partial charge is 0.482 e. The van der Waals surface area contributed by atoms with Crippen LogP contribution in [-0.4, -0.2) is 31.6 Å². The Balaban J connectivity index is 1.65. The maximum absolute atomic E-state index is 11.2. The molecule has 2 heterocycles. The minimum Gasteiger partial charge on any atom is -0.482 e. The number of rotatable bonds is 3. The van der Waals surface area contributed by atoms with E-state index in [1.807, 2.05) is 18.2 Å². The van der Waals surface area contributed by atoms with Gasteiger partial charge in [0.2, 0.25) is 0 Å². The summed E-state index contributed by atoms with van der Waals surface area (Å²) >= 11 is 0. The first-order valence-corrected chi connectivity index (χ1v) is 6.35. The third kappa shape index (κ3) is 2.41. The van der Waals surface area contributed by atoms with Crippen molar-refractivity contribution in [2.75, 3.05) is 30.3 Å². The molecule has 0 spiro atoms. The Hall–Kier alpha value is -1.75. The first kappa shape index (κ1) is 11.3. The Bertz CT molecular complexity index is 456. The van der Waals surface area contributed by atoms with Crippen molar-refractivity contribution in [1.29, 1.82) is 0 Å². The van der Waals surface area contributed by atoms with Gasteiger partial charge in [0, 0.05) is 18.3 Å². The summed E-state index contributed by atoms with van der Waals surface area (Å²) in [6.07, 6.45) is 2.47. The number of nitrogens with one attached hydrogen (secondary N) is 3. The first-order chi connectivity index (χ1) is 8.81. The van der Waals surface area contributed by atoms with Gasteiger partial charge in [-0.25, -0.2) is 0 Å². The number of hydrogen-bond donors (Lipinski definition) is 3. The molecule has 5 nitrogen and oxygen atoms in total. The van der Waals surface area contributed by atoms with Gasteiger partial charge in [0.05, 0.1) is 5.69 Å². The van der Waals surface area contributed by atoms with Crippen molar-refractivity contribution in [3.63, 3.8) is 0 Å². The molecule has 1 atom stereocenters. The molecule has 1 amide bonds. The Kier molecular flexibility index (Phi) is 3.06. The molecule has 1 aromatic rings. The van der Waals surface area contributed by atoms with Crippen molar-refractivity contribution >= 4 is 17.3 Å². The van der Waals surface area contributed by atoms with E-state index in [1.165, 1.54) is 12.8 Å². The lowest BCUT2D eigenvalue weighted by Crippen LogP contribution is -2.29. The van der Waals surface area contributed by atoms with E-state index in [-0.39, 0.29) is 12.5 Å². The van der Waals surface area contributed by atoms with Crippen molar-refractivity contribution in [3.8, 4) is 5.75 Å². The predicted octanol–water partition coefficient (Wildman–Crippen LogP) is 1.18. The Labute approximate surface area is 106 Å². The highest BCUT2D eigenvalue weighted by molar-refractivity contribution is 5.96. The summed E-state index contributed by atoms with van der Waals surface area (Å²) in [4.78, 5) is 11.2. The van der Waals surface area contributed by atoms with Crippen LogP contribution in [-0.2, 0) is 4.79 Å². The second-order valence-corrected chi connectivity index (χ2v) is 4.72. The minimum absolute atomic E-state index is 0.0999. The summed E-state index contributed by atoms with van der Waals surface area (Å²) < 4.78 is 5.32. The van der Waals surface area contributed by atoms with E-state index in [4.69, 9.17) is 4.74 Å². The molecular weight excluding hydrogens is 230 g/mol. The molecule has 2 aliphatic heterocycles. The van der Waals surface area contributed by atoms with Gasteiger partial charge in [0.15, 0.2) is 6.61 Å². The maximum atomic E-state index is 11.2. The standard InChI is InChI=1S/C13H17N3O2/c17-13-8-18-12-4-3-9(6-11(12)16-13)15-7-10-2-1-5-14-10/h3-4,6,10,14-15H,1-2,5,7-8H2,(H,16,17). The van der Waals surface area contributed by atoms with Gasteiger partial charge < -0.3 is 20.7 Å². The zero-order valence-corrected chi connectivity index (χ0v) is 10.2. The summed E-state index contributed by atoms with van der Waals surface area (Å²) in [5.74, 6) is 0.635. The lowest BCUT2D eigenvalue weighted by atomic mass is 10.2. The predicted molar refractivity (Wildman–Crippen MR) is 70.1 cm³/mol. The molecule has 0 aliphatic carbocycles. The highest BCUT2D eigenvalue weighted by Crippen LogP contribution is 2.30. The van der Waals surface area contributed by atoms with Gasteiger partial charge in [0.1, 0.15) is 5.75 Å². The highest BCUT2D eigenvalue weighted by Gasteiger charge is 2.17. The van der Waals surface area contributed by atoms with Crippen molar-refractivity contribution in [3.05, 3.63) is 18.2 Å². The second-order valence-electron chi connectivity index (χ2n) is 4.72. The zero-order chi connectivity index (χ0) is 12.4. The lowest BCUT2D eigenvalue weighted by molar-refractivity contribution is -0.118. The van der Waals surface area contributed by atoms with E-state index in [1.54, 1.807) is 0 Å². The van der Waals surface area contributed by atoms with Crippen LogP contribution >= 0.6 is 0 Å². The smallest absolute Gasteiger partial charge is 0.262 e. The molecular formula is C13H17N3O2. The number of carbonyl (C=O) groups excluding carboxylic acids is 1. The summed E-state index contributed by atoms with van der Waals surface area (Å²) in [7, 11) is 0. The molecule has 3 rings (SSSR count). The van der Waals surface area contributed by atoms with Crippen molar-refractivity contribution < 1.29 is 9.53 Å². The van der Waals surface area contributed by atoms with Crippen molar-refractivity contribution in [2.24, 2.45) is 0 Å². The van der Waals surface area contributed by atoms with E-state index >= 15 is 0 Å². The number of ether oxygens (including phenoxy) is 1. The number of carbonyl (C=O) groups is 1. The third-order valence-electron chi connectivity index (χ3n) is 3.33. The Morgan fingerprint density at radius 3 is 3.22 bits per heavy atom. The molecule has 3 N–H and O–H groups in total. The van der Waals surface area contributed by atoms with Gasteiger partial charge in [-0.3, -0.25) is 4.79 Å². The van der Waals surface area contributed by atoms with Crippen LogP contribution in [0.25, 0.3) is 0 Å². The third-order valence-corrected chi connectivity index (χ3v) is 3.33. The molecule has 96 valence electrons. The maximum Gasteiger partial charge on any atom is 0.262 e. The van der Waals surface area contributed by atoms with Gasteiger partial charge >= 0.3 is 0 Å². The number of hydrogen-bond acceptors (Lipinski definition) is 4. The van der Waals surface area contributed by atoms with Crippen LogP contribution < -0.4 is 20.7 Å². The van der Waals surface area contributed by atoms with Crippen LogP contribution in [0.4, 0.5) is 11.4 Å². The Morgan fingerprint density at radius 2 is 2.39 bits per heavy atom. The molecule has 5 heteroatoms. The highest BCUT2D eigenvalue weighted by atomic mass is 16.5. The number of amides is 1. The van der Waals surface area contributed by atoms with Crippen LogP contribution in [0.5, 0.6) is 5.75 Å². The molecule has 18 heavy (non-hydrogen) atoms. The number of benzene rings is 1. The van der Waals surface area contributed by atoms with Gasteiger partial charge in [-0.15, -0.1) is 0 Å². The molecule has 2 aliphatic rings. The quantitative estimate of drug-likeness (QED) is 0.750. The Morgan fingerprint density at radius 1 is 1.44 bits per heavy atom. The fourth-order valence-electron chi connectivity index (χ4n) is 2.37. The molecule has 0 bridgehead atoms. The molecule has 1 saturated heterocycles. The zero-order valence-electron chi connectivity index (χ0n) is 10.2. The average Bonchev–Trinajstić information content (AvgIpc) is 2.89. The first-order valence-electron chi connectivity index (χ1n) is 6.35. The fourth-order valence-corrected chi connectivity index (χ4v) is 2.37. The monoisotopic (exact) mass is 247 g/mol. The van der Waals surface area contributed by atoms with E-state index in [0.29, 0.717) is 6.04 Å².